The van der Waals surface area contributed by atoms with E-state index in [1.807, 2.05) is 24.3 Å². The molecule has 2 heterocycles. The van der Waals surface area contributed by atoms with Crippen LogP contribution in [0, 0.1) is 0 Å². The number of halogens is 2. The fourth-order valence-corrected chi connectivity index (χ4v) is 3.40. The summed E-state index contributed by atoms with van der Waals surface area (Å²) < 4.78 is 5.34. The summed E-state index contributed by atoms with van der Waals surface area (Å²) >= 11 is 6.10. The van der Waals surface area contributed by atoms with E-state index in [1.165, 1.54) is 5.56 Å². The van der Waals surface area contributed by atoms with E-state index in [4.69, 9.17) is 21.1 Å². The zero-order valence-corrected chi connectivity index (χ0v) is 19.6. The molecular formula is C20H29ClIN5O. The van der Waals surface area contributed by atoms with Crippen LogP contribution in [-0.2, 0) is 19.5 Å². The van der Waals surface area contributed by atoms with Gasteiger partial charge >= 0.3 is 0 Å². The van der Waals surface area contributed by atoms with Gasteiger partial charge in [0.1, 0.15) is 6.54 Å². The molecule has 0 unspecified atom stereocenters. The van der Waals surface area contributed by atoms with Gasteiger partial charge in [0, 0.05) is 50.4 Å². The summed E-state index contributed by atoms with van der Waals surface area (Å²) in [5, 5.41) is 8.22. The molecule has 0 saturated carbocycles. The van der Waals surface area contributed by atoms with Crippen LogP contribution in [0.15, 0.2) is 39.8 Å². The number of benzene rings is 1. The van der Waals surface area contributed by atoms with Crippen LogP contribution in [0.4, 0.5) is 0 Å². The van der Waals surface area contributed by atoms with Crippen LogP contribution in [0.1, 0.15) is 30.9 Å². The van der Waals surface area contributed by atoms with E-state index in [0.717, 1.165) is 68.1 Å². The third-order valence-electron chi connectivity index (χ3n) is 4.66. The van der Waals surface area contributed by atoms with Gasteiger partial charge in [0.15, 0.2) is 11.7 Å². The summed E-state index contributed by atoms with van der Waals surface area (Å²) in [6.45, 7) is 10.3. The summed E-state index contributed by atoms with van der Waals surface area (Å²) in [6.07, 6.45) is 0.877. The number of nitrogens with one attached hydrogen (secondary N) is 1. The number of rotatable bonds is 6. The first-order valence-electron chi connectivity index (χ1n) is 9.62. The second-order valence-electron chi connectivity index (χ2n) is 6.70. The van der Waals surface area contributed by atoms with Crippen molar-refractivity contribution < 1.29 is 4.52 Å². The predicted octanol–water partition coefficient (Wildman–Crippen LogP) is 3.79. The second kappa shape index (κ2) is 11.6. The molecule has 3 rings (SSSR count). The minimum atomic E-state index is 0. The summed E-state index contributed by atoms with van der Waals surface area (Å²) in [5.41, 5.74) is 2.23. The van der Waals surface area contributed by atoms with E-state index in [0.29, 0.717) is 6.54 Å². The van der Waals surface area contributed by atoms with Crippen LogP contribution in [0.25, 0.3) is 0 Å². The molecule has 6 nitrogen and oxygen atoms in total. The molecule has 1 aromatic heterocycles. The fourth-order valence-electron chi connectivity index (χ4n) is 3.19. The molecule has 154 valence electrons. The van der Waals surface area contributed by atoms with E-state index in [-0.39, 0.29) is 24.0 Å². The molecule has 0 bridgehead atoms. The second-order valence-corrected chi connectivity index (χ2v) is 7.14. The van der Waals surface area contributed by atoms with Crippen molar-refractivity contribution in [1.29, 1.82) is 0 Å². The largest absolute Gasteiger partial charge is 0.359 e. The van der Waals surface area contributed by atoms with Crippen molar-refractivity contribution in [2.45, 2.75) is 33.4 Å². The Balaban J connectivity index is 0.00000280. The molecule has 0 radical (unpaired) electrons. The lowest BCUT2D eigenvalue weighted by atomic mass is 10.2. The van der Waals surface area contributed by atoms with E-state index in [9.17, 15) is 0 Å². The topological polar surface area (TPSA) is 56.9 Å². The SMILES string of the molecule is CCNC(=NCc1cc(CC)no1)N1CCN(Cc2cccc(Cl)c2)CC1.I. The number of guanidine groups is 1. The van der Waals surface area contributed by atoms with Crippen molar-refractivity contribution in [3.63, 3.8) is 0 Å². The van der Waals surface area contributed by atoms with E-state index >= 15 is 0 Å². The maximum Gasteiger partial charge on any atom is 0.194 e. The van der Waals surface area contributed by atoms with Crippen LogP contribution >= 0.6 is 35.6 Å². The van der Waals surface area contributed by atoms with Gasteiger partial charge in [0.2, 0.25) is 0 Å². The molecule has 1 saturated heterocycles. The molecule has 28 heavy (non-hydrogen) atoms. The van der Waals surface area contributed by atoms with Crippen molar-refractivity contribution >= 4 is 41.5 Å². The zero-order valence-electron chi connectivity index (χ0n) is 16.5. The Morgan fingerprint density at radius 1 is 1.21 bits per heavy atom. The maximum atomic E-state index is 6.10. The highest BCUT2D eigenvalue weighted by atomic mass is 127. The van der Waals surface area contributed by atoms with Gasteiger partial charge in [-0.25, -0.2) is 4.99 Å². The lowest BCUT2D eigenvalue weighted by molar-refractivity contribution is 0.172. The van der Waals surface area contributed by atoms with Gasteiger partial charge in [0.25, 0.3) is 0 Å². The monoisotopic (exact) mass is 517 g/mol. The molecule has 1 fully saturated rings. The van der Waals surface area contributed by atoms with Crippen LogP contribution in [0.2, 0.25) is 5.02 Å². The third-order valence-corrected chi connectivity index (χ3v) is 4.89. The normalized spacial score (nSPS) is 15.4. The molecule has 1 N–H and O–H groups in total. The first-order valence-corrected chi connectivity index (χ1v) is 10.00. The number of hydrogen-bond acceptors (Lipinski definition) is 4. The zero-order chi connectivity index (χ0) is 19.1. The summed E-state index contributed by atoms with van der Waals surface area (Å²) in [6, 6.07) is 10.1. The first kappa shape index (κ1) is 23.0. The third kappa shape index (κ3) is 6.63. The molecule has 0 aliphatic carbocycles. The quantitative estimate of drug-likeness (QED) is 0.359. The van der Waals surface area contributed by atoms with Crippen LogP contribution in [0.5, 0.6) is 0 Å². The number of aromatic nitrogens is 1. The highest BCUT2D eigenvalue weighted by Crippen LogP contribution is 2.14. The van der Waals surface area contributed by atoms with Crippen molar-refractivity contribution in [3.8, 4) is 0 Å². The molecular weight excluding hydrogens is 489 g/mol. The van der Waals surface area contributed by atoms with Gasteiger partial charge in [0.05, 0.1) is 5.69 Å². The van der Waals surface area contributed by atoms with E-state index in [1.54, 1.807) is 0 Å². The lowest BCUT2D eigenvalue weighted by Gasteiger charge is -2.36. The van der Waals surface area contributed by atoms with Crippen LogP contribution in [0.3, 0.4) is 0 Å². The smallest absolute Gasteiger partial charge is 0.194 e. The van der Waals surface area contributed by atoms with Gasteiger partial charge in [-0.15, -0.1) is 24.0 Å². The molecule has 2 aromatic rings. The molecule has 1 aliphatic rings. The molecule has 1 aliphatic heterocycles. The molecule has 0 amide bonds. The van der Waals surface area contributed by atoms with Gasteiger partial charge in [-0.05, 0) is 31.0 Å². The number of hydrogen-bond donors (Lipinski definition) is 1. The number of aliphatic imine (C=N–C) groups is 1. The van der Waals surface area contributed by atoms with E-state index in [2.05, 4.69) is 40.2 Å². The first-order chi connectivity index (χ1) is 13.2. The highest BCUT2D eigenvalue weighted by Gasteiger charge is 2.20. The highest BCUT2D eigenvalue weighted by molar-refractivity contribution is 14.0. The average molecular weight is 518 g/mol. The van der Waals surface area contributed by atoms with E-state index < -0.39 is 0 Å². The Morgan fingerprint density at radius 3 is 2.64 bits per heavy atom. The number of aryl methyl sites for hydroxylation is 1. The maximum absolute atomic E-state index is 6.10. The summed E-state index contributed by atoms with van der Waals surface area (Å²) in [7, 11) is 0. The van der Waals surface area contributed by atoms with Gasteiger partial charge in [-0.3, -0.25) is 4.90 Å². The van der Waals surface area contributed by atoms with Gasteiger partial charge in [-0.1, -0.05) is 35.8 Å². The Hall–Kier alpha value is -1.32. The minimum absolute atomic E-state index is 0. The van der Waals surface area contributed by atoms with Crippen molar-refractivity contribution in [2.75, 3.05) is 32.7 Å². The lowest BCUT2D eigenvalue weighted by Crippen LogP contribution is -2.52. The molecule has 0 atom stereocenters. The van der Waals surface area contributed by atoms with Crippen molar-refractivity contribution in [1.82, 2.24) is 20.3 Å². The Labute approximate surface area is 189 Å². The fraction of sp³-hybridized carbons (Fsp3) is 0.500. The average Bonchev–Trinajstić information content (AvgIpc) is 3.14. The Morgan fingerprint density at radius 2 is 2.00 bits per heavy atom. The summed E-state index contributed by atoms with van der Waals surface area (Å²) in [5.74, 6) is 1.75. The van der Waals surface area contributed by atoms with Gasteiger partial charge < -0.3 is 14.7 Å². The Bertz CT molecular complexity index is 759. The number of piperazine rings is 1. The van der Waals surface area contributed by atoms with Crippen molar-refractivity contribution in [2.24, 2.45) is 4.99 Å². The van der Waals surface area contributed by atoms with Crippen LogP contribution in [-0.4, -0.2) is 53.6 Å². The molecule has 0 spiro atoms. The Kier molecular flexibility index (Phi) is 9.53. The van der Waals surface area contributed by atoms with Crippen molar-refractivity contribution in [3.05, 3.63) is 52.4 Å². The van der Waals surface area contributed by atoms with Crippen LogP contribution < -0.4 is 5.32 Å². The van der Waals surface area contributed by atoms with Gasteiger partial charge in [-0.2, -0.15) is 0 Å². The standard InChI is InChI=1S/C20H28ClN5O.HI/c1-3-18-13-19(27-24-18)14-23-20(22-4-2)26-10-8-25(9-11-26)15-16-6-5-7-17(21)12-16;/h5-7,12-13H,3-4,8-11,14-15H2,1-2H3,(H,22,23);1H. The summed E-state index contributed by atoms with van der Waals surface area (Å²) in [4.78, 5) is 9.51. The molecule has 8 heteroatoms. The number of nitrogens with zero attached hydrogens (tertiary/aromatic N) is 4. The predicted molar refractivity (Wildman–Crippen MR) is 124 cm³/mol. The molecule has 1 aromatic carbocycles. The minimum Gasteiger partial charge on any atom is -0.359 e.